The van der Waals surface area contributed by atoms with E-state index in [0.29, 0.717) is 13.1 Å². The molecule has 1 unspecified atom stereocenters. The fraction of sp³-hybridized carbons (Fsp3) is 0.500. The average Bonchev–Trinajstić information content (AvgIpc) is 2.50. The lowest BCUT2D eigenvalue weighted by molar-refractivity contribution is -0.125. The summed E-state index contributed by atoms with van der Waals surface area (Å²) in [6.45, 7) is 5.43. The molecule has 114 valence electrons. The second kappa shape index (κ2) is 7.11. The van der Waals surface area contributed by atoms with Crippen molar-refractivity contribution in [1.82, 2.24) is 10.6 Å². The molecule has 1 aliphatic heterocycles. The fourth-order valence-electron chi connectivity index (χ4n) is 2.44. The highest BCUT2D eigenvalue weighted by molar-refractivity contribution is 5.86. The molecule has 0 bridgehead atoms. The minimum Gasteiger partial charge on any atom is -0.385 e. The molecule has 0 aliphatic carbocycles. The van der Waals surface area contributed by atoms with Crippen molar-refractivity contribution in [2.45, 2.75) is 26.2 Å². The van der Waals surface area contributed by atoms with E-state index in [1.54, 1.807) is 0 Å². The van der Waals surface area contributed by atoms with Crippen LogP contribution in [0.25, 0.3) is 0 Å². The van der Waals surface area contributed by atoms with Gasteiger partial charge in [0.15, 0.2) is 0 Å². The summed E-state index contributed by atoms with van der Waals surface area (Å²) in [5.74, 6) is -0.0977. The van der Waals surface area contributed by atoms with Gasteiger partial charge < -0.3 is 16.0 Å². The van der Waals surface area contributed by atoms with Crippen LogP contribution in [0.15, 0.2) is 24.3 Å². The van der Waals surface area contributed by atoms with Crippen molar-refractivity contribution >= 4 is 17.5 Å². The lowest BCUT2D eigenvalue weighted by Crippen LogP contribution is -2.39. The topological polar surface area (TPSA) is 70.2 Å². The first-order valence-electron chi connectivity index (χ1n) is 7.48. The van der Waals surface area contributed by atoms with Crippen LogP contribution in [0.1, 0.15) is 31.7 Å². The Morgan fingerprint density at radius 1 is 1.24 bits per heavy atom. The van der Waals surface area contributed by atoms with Gasteiger partial charge in [-0.25, -0.2) is 0 Å². The van der Waals surface area contributed by atoms with Gasteiger partial charge in [-0.1, -0.05) is 32.0 Å². The number of benzene rings is 1. The number of para-hydroxylation sites is 1. The van der Waals surface area contributed by atoms with Crippen LogP contribution >= 0.6 is 0 Å². The van der Waals surface area contributed by atoms with Crippen LogP contribution in [0.2, 0.25) is 0 Å². The Labute approximate surface area is 125 Å². The zero-order chi connectivity index (χ0) is 15.2. The predicted molar refractivity (Wildman–Crippen MR) is 83.1 cm³/mol. The lowest BCUT2D eigenvalue weighted by Gasteiger charge is -2.25. The Hall–Kier alpha value is -2.04. The first-order valence-corrected chi connectivity index (χ1v) is 7.48. The quantitative estimate of drug-likeness (QED) is 0.719. The molecule has 0 radical (unpaired) electrons. The van der Waals surface area contributed by atoms with Gasteiger partial charge in [0.05, 0.1) is 5.92 Å². The summed E-state index contributed by atoms with van der Waals surface area (Å²) in [6.07, 6.45) is 0.793. The van der Waals surface area contributed by atoms with Crippen molar-refractivity contribution in [1.29, 1.82) is 0 Å². The molecule has 5 nitrogen and oxygen atoms in total. The zero-order valence-electron chi connectivity index (χ0n) is 12.6. The number of hydrogen-bond donors (Lipinski definition) is 3. The molecule has 0 spiro atoms. The molecule has 0 aromatic heterocycles. The van der Waals surface area contributed by atoms with Crippen molar-refractivity contribution in [3.05, 3.63) is 29.8 Å². The Morgan fingerprint density at radius 2 is 1.95 bits per heavy atom. The smallest absolute Gasteiger partial charge is 0.227 e. The van der Waals surface area contributed by atoms with E-state index in [4.69, 9.17) is 0 Å². The van der Waals surface area contributed by atoms with E-state index in [-0.39, 0.29) is 23.7 Å². The molecule has 0 fully saturated rings. The third-order valence-corrected chi connectivity index (χ3v) is 3.65. The number of carbonyl (C=O) groups excluding carboxylic acids is 2. The summed E-state index contributed by atoms with van der Waals surface area (Å²) in [5.41, 5.74) is 2.09. The van der Waals surface area contributed by atoms with Gasteiger partial charge in [0.1, 0.15) is 0 Å². The van der Waals surface area contributed by atoms with Gasteiger partial charge in [-0.3, -0.25) is 9.59 Å². The number of rotatable bonds is 5. The summed E-state index contributed by atoms with van der Waals surface area (Å²) in [4.78, 5) is 23.7. The second-order valence-corrected chi connectivity index (χ2v) is 5.59. The molecule has 1 atom stereocenters. The standard InChI is InChI=1S/C16H23N3O2/c1-11(2)15(20)18-9-10-19-16(21)13-7-8-17-14-6-4-3-5-12(13)14/h3-6,11,13,17H,7-10H2,1-2H3,(H,18,20)(H,19,21). The largest absolute Gasteiger partial charge is 0.385 e. The van der Waals surface area contributed by atoms with Crippen LogP contribution in [-0.2, 0) is 9.59 Å². The van der Waals surface area contributed by atoms with Gasteiger partial charge in [-0.2, -0.15) is 0 Å². The number of anilines is 1. The van der Waals surface area contributed by atoms with Gasteiger partial charge >= 0.3 is 0 Å². The predicted octanol–water partition coefficient (Wildman–Crippen LogP) is 1.47. The molecule has 2 rings (SSSR count). The molecule has 0 saturated carbocycles. The molecule has 21 heavy (non-hydrogen) atoms. The first-order chi connectivity index (χ1) is 10.1. The van der Waals surface area contributed by atoms with Crippen molar-refractivity contribution < 1.29 is 9.59 Å². The maximum Gasteiger partial charge on any atom is 0.227 e. The Bertz CT molecular complexity index is 514. The SMILES string of the molecule is CC(C)C(=O)NCCNC(=O)C1CCNc2ccccc21. The van der Waals surface area contributed by atoms with Crippen LogP contribution in [0, 0.1) is 5.92 Å². The molecule has 1 heterocycles. The molecule has 2 amide bonds. The van der Waals surface area contributed by atoms with Crippen molar-refractivity contribution in [3.8, 4) is 0 Å². The number of hydrogen-bond acceptors (Lipinski definition) is 3. The second-order valence-electron chi connectivity index (χ2n) is 5.59. The Kier molecular flexibility index (Phi) is 5.20. The maximum absolute atomic E-state index is 12.3. The minimum atomic E-state index is -0.108. The van der Waals surface area contributed by atoms with Crippen LogP contribution < -0.4 is 16.0 Å². The summed E-state index contributed by atoms with van der Waals surface area (Å²) in [5, 5.41) is 9.00. The van der Waals surface area contributed by atoms with Crippen molar-refractivity contribution in [2.75, 3.05) is 25.0 Å². The molecule has 5 heteroatoms. The van der Waals surface area contributed by atoms with Gasteiger partial charge in [-0.15, -0.1) is 0 Å². The molecule has 1 aliphatic rings. The van der Waals surface area contributed by atoms with E-state index >= 15 is 0 Å². The van der Waals surface area contributed by atoms with E-state index in [1.165, 1.54) is 0 Å². The van der Waals surface area contributed by atoms with Gasteiger partial charge in [0.2, 0.25) is 11.8 Å². The van der Waals surface area contributed by atoms with Gasteiger partial charge in [0.25, 0.3) is 0 Å². The summed E-state index contributed by atoms with van der Waals surface area (Å²) < 4.78 is 0. The molecular formula is C16H23N3O2. The van der Waals surface area contributed by atoms with Gasteiger partial charge in [0, 0.05) is 31.2 Å². The van der Waals surface area contributed by atoms with Crippen LogP contribution in [-0.4, -0.2) is 31.4 Å². The highest BCUT2D eigenvalue weighted by Gasteiger charge is 2.25. The molecule has 1 aromatic rings. The average molecular weight is 289 g/mol. The highest BCUT2D eigenvalue weighted by Crippen LogP contribution is 2.31. The third kappa shape index (κ3) is 3.97. The number of carbonyl (C=O) groups is 2. The number of fused-ring (bicyclic) bond motifs is 1. The normalized spacial score (nSPS) is 16.8. The van der Waals surface area contributed by atoms with Crippen LogP contribution in [0.5, 0.6) is 0 Å². The van der Waals surface area contributed by atoms with E-state index in [9.17, 15) is 9.59 Å². The molecule has 0 saturated heterocycles. The first kappa shape index (κ1) is 15.4. The summed E-state index contributed by atoms with van der Waals surface area (Å²) in [6, 6.07) is 7.91. The Balaban J connectivity index is 1.83. The van der Waals surface area contributed by atoms with E-state index in [0.717, 1.165) is 24.2 Å². The maximum atomic E-state index is 12.3. The lowest BCUT2D eigenvalue weighted by atomic mass is 9.90. The molecule has 3 N–H and O–H groups in total. The third-order valence-electron chi connectivity index (χ3n) is 3.65. The van der Waals surface area contributed by atoms with E-state index < -0.39 is 0 Å². The minimum absolute atomic E-state index is 0.0106. The van der Waals surface area contributed by atoms with Crippen LogP contribution in [0.4, 0.5) is 5.69 Å². The van der Waals surface area contributed by atoms with Crippen LogP contribution in [0.3, 0.4) is 0 Å². The fourth-order valence-corrected chi connectivity index (χ4v) is 2.44. The summed E-state index contributed by atoms with van der Waals surface area (Å²) in [7, 11) is 0. The number of amides is 2. The van der Waals surface area contributed by atoms with Gasteiger partial charge in [-0.05, 0) is 18.1 Å². The van der Waals surface area contributed by atoms with E-state index in [1.807, 2.05) is 38.1 Å². The van der Waals surface area contributed by atoms with E-state index in [2.05, 4.69) is 16.0 Å². The highest BCUT2D eigenvalue weighted by atomic mass is 16.2. The zero-order valence-corrected chi connectivity index (χ0v) is 12.6. The summed E-state index contributed by atoms with van der Waals surface area (Å²) >= 11 is 0. The molecule has 1 aromatic carbocycles. The Morgan fingerprint density at radius 3 is 2.71 bits per heavy atom. The molecular weight excluding hydrogens is 266 g/mol. The number of nitrogens with one attached hydrogen (secondary N) is 3. The van der Waals surface area contributed by atoms with Crippen molar-refractivity contribution in [3.63, 3.8) is 0 Å². The monoisotopic (exact) mass is 289 g/mol. The van der Waals surface area contributed by atoms with Crippen molar-refractivity contribution in [2.24, 2.45) is 5.92 Å².